The maximum Gasteiger partial charge on any atom is 0.409 e. The van der Waals surface area contributed by atoms with E-state index in [1.165, 1.54) is 6.33 Å². The highest BCUT2D eigenvalue weighted by Crippen LogP contribution is 2.34. The molecule has 1 aliphatic heterocycles. The first-order valence-electron chi connectivity index (χ1n) is 9.60. The lowest BCUT2D eigenvalue weighted by Crippen LogP contribution is -2.49. The van der Waals surface area contributed by atoms with E-state index in [0.717, 1.165) is 10.8 Å². The van der Waals surface area contributed by atoms with E-state index in [4.69, 9.17) is 15.2 Å². The van der Waals surface area contributed by atoms with Crippen LogP contribution in [0.2, 0.25) is 0 Å². The van der Waals surface area contributed by atoms with Gasteiger partial charge >= 0.3 is 6.09 Å². The summed E-state index contributed by atoms with van der Waals surface area (Å²) in [7, 11) is 0. The molecule has 2 N–H and O–H groups in total. The number of anilines is 2. The summed E-state index contributed by atoms with van der Waals surface area (Å²) in [6.07, 6.45) is 1.16. The molecule has 29 heavy (non-hydrogen) atoms. The Morgan fingerprint density at radius 3 is 2.62 bits per heavy atom. The third-order valence-electron chi connectivity index (χ3n) is 4.89. The number of carbonyl (C=O) groups is 1. The van der Waals surface area contributed by atoms with E-state index in [9.17, 15) is 4.79 Å². The molecule has 1 aliphatic rings. The van der Waals surface area contributed by atoms with Crippen LogP contribution in [-0.4, -0.2) is 53.7 Å². The first-order valence-corrected chi connectivity index (χ1v) is 9.60. The highest BCUT2D eigenvalue weighted by molar-refractivity contribution is 5.88. The fraction of sp³-hybridized carbons (Fsp3) is 0.286. The first-order chi connectivity index (χ1) is 14.2. The fourth-order valence-corrected chi connectivity index (χ4v) is 3.41. The Hall–Kier alpha value is -3.55. The van der Waals surface area contributed by atoms with Crippen molar-refractivity contribution in [2.45, 2.75) is 6.92 Å². The number of carbonyl (C=O) groups excluding carboxylic acids is 1. The number of nitrogens with zero attached hydrogens (tertiary/aromatic N) is 4. The quantitative estimate of drug-likeness (QED) is 0.727. The number of fused-ring (bicyclic) bond motifs is 1. The molecule has 2 heterocycles. The molecule has 1 amide bonds. The molecule has 8 heteroatoms. The normalized spacial score (nSPS) is 14.1. The van der Waals surface area contributed by atoms with Crippen LogP contribution in [0, 0.1) is 0 Å². The van der Waals surface area contributed by atoms with Gasteiger partial charge in [0.2, 0.25) is 5.88 Å². The van der Waals surface area contributed by atoms with Crippen LogP contribution in [0.25, 0.3) is 10.8 Å². The topological polar surface area (TPSA) is 93.8 Å². The van der Waals surface area contributed by atoms with Crippen LogP contribution in [0.5, 0.6) is 11.6 Å². The molecule has 0 radical (unpaired) electrons. The molecule has 0 bridgehead atoms. The maximum absolute atomic E-state index is 11.9. The average Bonchev–Trinajstić information content (AvgIpc) is 2.76. The van der Waals surface area contributed by atoms with Gasteiger partial charge in [-0.2, -0.15) is 4.98 Å². The van der Waals surface area contributed by atoms with Crippen LogP contribution >= 0.6 is 0 Å². The summed E-state index contributed by atoms with van der Waals surface area (Å²) < 4.78 is 11.1. The summed E-state index contributed by atoms with van der Waals surface area (Å²) in [5.74, 6) is 1.62. The summed E-state index contributed by atoms with van der Waals surface area (Å²) in [6, 6.07) is 13.8. The number of nitrogen functional groups attached to an aromatic ring is 1. The zero-order valence-electron chi connectivity index (χ0n) is 16.2. The number of rotatable bonds is 4. The number of nitrogens with two attached hydrogens (primary N) is 1. The van der Waals surface area contributed by atoms with Crippen molar-refractivity contribution in [3.63, 3.8) is 0 Å². The first kappa shape index (κ1) is 18.8. The lowest BCUT2D eigenvalue weighted by atomic mass is 10.1. The van der Waals surface area contributed by atoms with E-state index in [-0.39, 0.29) is 6.09 Å². The van der Waals surface area contributed by atoms with Crippen molar-refractivity contribution in [3.05, 3.63) is 48.8 Å². The SMILES string of the molecule is CCOC(=O)N1CCN(c2ncnc(Oc3cccc4ccccc34)c2N)CC1. The van der Waals surface area contributed by atoms with Crippen LogP contribution in [0.3, 0.4) is 0 Å². The second kappa shape index (κ2) is 8.22. The Morgan fingerprint density at radius 2 is 1.83 bits per heavy atom. The third kappa shape index (κ3) is 3.87. The van der Waals surface area contributed by atoms with Gasteiger partial charge in [0, 0.05) is 31.6 Å². The molecule has 1 saturated heterocycles. The van der Waals surface area contributed by atoms with Crippen molar-refractivity contribution in [2.75, 3.05) is 43.4 Å². The van der Waals surface area contributed by atoms with Crippen LogP contribution in [0.1, 0.15) is 6.92 Å². The Morgan fingerprint density at radius 1 is 1.07 bits per heavy atom. The highest BCUT2D eigenvalue weighted by atomic mass is 16.6. The monoisotopic (exact) mass is 393 g/mol. The fourth-order valence-electron chi connectivity index (χ4n) is 3.41. The molecule has 2 aromatic carbocycles. The smallest absolute Gasteiger partial charge is 0.409 e. The van der Waals surface area contributed by atoms with Crippen molar-refractivity contribution in [3.8, 4) is 11.6 Å². The van der Waals surface area contributed by atoms with Gasteiger partial charge in [-0.05, 0) is 18.4 Å². The minimum absolute atomic E-state index is 0.289. The summed E-state index contributed by atoms with van der Waals surface area (Å²) in [5, 5.41) is 2.06. The van der Waals surface area contributed by atoms with Gasteiger partial charge in [-0.1, -0.05) is 36.4 Å². The van der Waals surface area contributed by atoms with E-state index in [1.807, 2.05) is 47.4 Å². The molecular weight excluding hydrogens is 370 g/mol. The van der Waals surface area contributed by atoms with Gasteiger partial charge in [0.25, 0.3) is 0 Å². The summed E-state index contributed by atoms with van der Waals surface area (Å²) >= 11 is 0. The van der Waals surface area contributed by atoms with Crippen LogP contribution < -0.4 is 15.4 Å². The van der Waals surface area contributed by atoms with Crippen LogP contribution in [-0.2, 0) is 4.74 Å². The molecule has 0 aliphatic carbocycles. The number of hydrogen-bond donors (Lipinski definition) is 1. The number of hydrogen-bond acceptors (Lipinski definition) is 7. The van der Waals surface area contributed by atoms with Crippen LogP contribution in [0.4, 0.5) is 16.3 Å². The number of aromatic nitrogens is 2. The number of benzene rings is 2. The minimum Gasteiger partial charge on any atom is -0.450 e. The third-order valence-corrected chi connectivity index (χ3v) is 4.89. The Bertz CT molecular complexity index is 1010. The van der Waals surface area contributed by atoms with Gasteiger partial charge in [-0.25, -0.2) is 9.78 Å². The second-order valence-electron chi connectivity index (χ2n) is 6.67. The molecule has 150 valence electrons. The Labute approximate surface area is 168 Å². The van der Waals surface area contributed by atoms with E-state index < -0.39 is 0 Å². The van der Waals surface area contributed by atoms with Gasteiger partial charge in [0.15, 0.2) is 5.82 Å². The Balaban J connectivity index is 1.53. The summed E-state index contributed by atoms with van der Waals surface area (Å²) in [5.41, 5.74) is 6.73. The summed E-state index contributed by atoms with van der Waals surface area (Å²) in [6.45, 7) is 4.46. The predicted molar refractivity (Wildman–Crippen MR) is 111 cm³/mol. The van der Waals surface area contributed by atoms with Gasteiger partial charge in [-0.15, -0.1) is 0 Å². The van der Waals surface area contributed by atoms with Crippen molar-refractivity contribution in [2.24, 2.45) is 0 Å². The summed E-state index contributed by atoms with van der Waals surface area (Å²) in [4.78, 5) is 24.2. The van der Waals surface area contributed by atoms with Gasteiger partial charge < -0.3 is 25.0 Å². The average molecular weight is 393 g/mol. The molecular formula is C21H23N5O3. The van der Waals surface area contributed by atoms with Gasteiger partial charge in [0.05, 0.1) is 6.61 Å². The largest absolute Gasteiger partial charge is 0.450 e. The van der Waals surface area contributed by atoms with Gasteiger partial charge in [0.1, 0.15) is 17.8 Å². The van der Waals surface area contributed by atoms with E-state index in [1.54, 1.807) is 11.8 Å². The minimum atomic E-state index is -0.289. The van der Waals surface area contributed by atoms with E-state index in [2.05, 4.69) is 9.97 Å². The standard InChI is InChI=1S/C21H23N5O3/c1-2-28-21(27)26-12-10-25(11-13-26)19-18(22)20(24-14-23-19)29-17-9-5-7-15-6-3-4-8-16(15)17/h3-9,14H,2,10-13,22H2,1H3. The van der Waals surface area contributed by atoms with Crippen molar-refractivity contribution in [1.82, 2.24) is 14.9 Å². The molecule has 4 rings (SSSR count). The number of piperazine rings is 1. The predicted octanol–water partition coefficient (Wildman–Crippen LogP) is 3.28. The zero-order chi connectivity index (χ0) is 20.2. The van der Waals surface area contributed by atoms with Crippen molar-refractivity contribution >= 4 is 28.4 Å². The highest BCUT2D eigenvalue weighted by Gasteiger charge is 2.25. The lowest BCUT2D eigenvalue weighted by molar-refractivity contribution is 0.105. The van der Waals surface area contributed by atoms with E-state index >= 15 is 0 Å². The number of amides is 1. The molecule has 0 atom stereocenters. The molecule has 0 saturated carbocycles. The lowest BCUT2D eigenvalue weighted by Gasteiger charge is -2.35. The van der Waals surface area contributed by atoms with E-state index in [0.29, 0.717) is 55.9 Å². The van der Waals surface area contributed by atoms with Crippen LogP contribution in [0.15, 0.2) is 48.8 Å². The molecule has 0 unspecified atom stereocenters. The second-order valence-corrected chi connectivity index (χ2v) is 6.67. The zero-order valence-corrected chi connectivity index (χ0v) is 16.2. The Kier molecular flexibility index (Phi) is 5.33. The maximum atomic E-state index is 11.9. The number of ether oxygens (including phenoxy) is 2. The molecule has 1 aromatic heterocycles. The van der Waals surface area contributed by atoms with Crippen molar-refractivity contribution < 1.29 is 14.3 Å². The molecule has 0 spiro atoms. The van der Waals surface area contributed by atoms with Gasteiger partial charge in [-0.3, -0.25) is 0 Å². The molecule has 1 fully saturated rings. The molecule has 8 nitrogen and oxygen atoms in total. The molecule has 3 aromatic rings. The van der Waals surface area contributed by atoms with Crippen molar-refractivity contribution in [1.29, 1.82) is 0 Å².